The SMILES string of the molecule is CCOCC(=O)Nc1cc(O)ccc1-c1cccc2nccn12. The Hall–Kier alpha value is -2.86. The van der Waals surface area contributed by atoms with Crippen molar-refractivity contribution in [1.82, 2.24) is 9.38 Å². The molecule has 0 aliphatic carbocycles. The number of rotatable bonds is 5. The molecule has 2 aromatic heterocycles. The Morgan fingerprint density at radius 1 is 1.35 bits per heavy atom. The number of aromatic nitrogens is 2. The first-order valence-electron chi connectivity index (χ1n) is 7.32. The summed E-state index contributed by atoms with van der Waals surface area (Å²) >= 11 is 0. The first kappa shape index (κ1) is 15.1. The second-order valence-corrected chi connectivity index (χ2v) is 4.98. The van der Waals surface area contributed by atoms with Gasteiger partial charge in [0.05, 0.1) is 11.4 Å². The van der Waals surface area contributed by atoms with E-state index in [-0.39, 0.29) is 18.3 Å². The number of phenolic OH excluding ortho intramolecular Hbond substituents is 1. The number of nitrogens with one attached hydrogen (secondary N) is 1. The summed E-state index contributed by atoms with van der Waals surface area (Å²) in [6, 6.07) is 10.6. The van der Waals surface area contributed by atoms with Gasteiger partial charge in [-0.25, -0.2) is 4.98 Å². The maximum absolute atomic E-state index is 11.9. The minimum atomic E-state index is -0.267. The molecule has 0 radical (unpaired) electrons. The van der Waals surface area contributed by atoms with Gasteiger partial charge in [-0.1, -0.05) is 6.07 Å². The number of hydrogen-bond acceptors (Lipinski definition) is 4. The Balaban J connectivity index is 2.02. The van der Waals surface area contributed by atoms with Crippen molar-refractivity contribution >= 4 is 17.2 Å². The molecule has 118 valence electrons. The molecule has 2 N–H and O–H groups in total. The number of imidazole rings is 1. The maximum Gasteiger partial charge on any atom is 0.250 e. The van der Waals surface area contributed by atoms with Crippen LogP contribution < -0.4 is 5.32 Å². The summed E-state index contributed by atoms with van der Waals surface area (Å²) in [4.78, 5) is 16.2. The van der Waals surface area contributed by atoms with E-state index < -0.39 is 0 Å². The molecule has 0 saturated carbocycles. The molecule has 2 heterocycles. The van der Waals surface area contributed by atoms with Crippen molar-refractivity contribution in [2.75, 3.05) is 18.5 Å². The van der Waals surface area contributed by atoms with Crippen molar-refractivity contribution in [3.8, 4) is 17.0 Å². The first-order chi connectivity index (χ1) is 11.2. The number of nitrogens with zero attached hydrogens (tertiary/aromatic N) is 2. The molecule has 0 aliphatic heterocycles. The lowest BCUT2D eigenvalue weighted by molar-refractivity contribution is -0.120. The van der Waals surface area contributed by atoms with Crippen LogP contribution in [0, 0.1) is 0 Å². The third kappa shape index (κ3) is 3.17. The summed E-state index contributed by atoms with van der Waals surface area (Å²) in [6.45, 7) is 2.27. The predicted octanol–water partition coefficient (Wildman–Crippen LogP) is 2.68. The third-order valence-corrected chi connectivity index (χ3v) is 3.42. The summed E-state index contributed by atoms with van der Waals surface area (Å²) in [5.41, 5.74) is 2.99. The van der Waals surface area contributed by atoms with Crippen molar-refractivity contribution < 1.29 is 14.6 Å². The standard InChI is InChI=1S/C17H17N3O3/c1-2-23-11-17(22)19-14-10-12(21)6-7-13(14)15-4-3-5-16-18-8-9-20(15)16/h3-10,21H,2,11H2,1H3,(H,19,22). The average molecular weight is 311 g/mol. The van der Waals surface area contributed by atoms with E-state index in [0.29, 0.717) is 12.3 Å². The van der Waals surface area contributed by atoms with Crippen LogP contribution in [-0.4, -0.2) is 33.6 Å². The molecule has 0 atom stereocenters. The van der Waals surface area contributed by atoms with Gasteiger partial charge in [-0.3, -0.25) is 9.20 Å². The largest absolute Gasteiger partial charge is 0.508 e. The van der Waals surface area contributed by atoms with Crippen molar-refractivity contribution in [2.24, 2.45) is 0 Å². The number of pyridine rings is 1. The summed E-state index contributed by atoms with van der Waals surface area (Å²) in [6.07, 6.45) is 3.57. The van der Waals surface area contributed by atoms with E-state index in [1.165, 1.54) is 6.07 Å². The molecule has 6 nitrogen and oxygen atoms in total. The van der Waals surface area contributed by atoms with Crippen LogP contribution in [0.2, 0.25) is 0 Å². The number of amides is 1. The fourth-order valence-corrected chi connectivity index (χ4v) is 2.41. The Kier molecular flexibility index (Phi) is 4.25. The molecular weight excluding hydrogens is 294 g/mol. The highest BCUT2D eigenvalue weighted by Gasteiger charge is 2.12. The fourth-order valence-electron chi connectivity index (χ4n) is 2.41. The molecule has 0 aliphatic rings. The Bertz CT molecular complexity index is 842. The van der Waals surface area contributed by atoms with Crippen LogP contribution in [0.25, 0.3) is 16.9 Å². The van der Waals surface area contributed by atoms with Crippen molar-refractivity contribution in [3.63, 3.8) is 0 Å². The number of fused-ring (bicyclic) bond motifs is 1. The summed E-state index contributed by atoms with van der Waals surface area (Å²) in [7, 11) is 0. The normalized spacial score (nSPS) is 10.8. The van der Waals surface area contributed by atoms with E-state index >= 15 is 0 Å². The molecule has 0 unspecified atom stereocenters. The smallest absolute Gasteiger partial charge is 0.250 e. The van der Waals surface area contributed by atoms with E-state index in [0.717, 1.165) is 16.9 Å². The van der Waals surface area contributed by atoms with Gasteiger partial charge < -0.3 is 15.2 Å². The lowest BCUT2D eigenvalue weighted by atomic mass is 10.1. The highest BCUT2D eigenvalue weighted by molar-refractivity contribution is 5.96. The molecular formula is C17H17N3O3. The van der Waals surface area contributed by atoms with Gasteiger partial charge >= 0.3 is 0 Å². The number of aromatic hydroxyl groups is 1. The average Bonchev–Trinajstić information content (AvgIpc) is 3.02. The molecule has 3 aromatic rings. The first-order valence-corrected chi connectivity index (χ1v) is 7.32. The Morgan fingerprint density at radius 3 is 3.04 bits per heavy atom. The lowest BCUT2D eigenvalue weighted by Gasteiger charge is -2.13. The van der Waals surface area contributed by atoms with Crippen LogP contribution in [0.15, 0.2) is 48.8 Å². The molecule has 0 spiro atoms. The van der Waals surface area contributed by atoms with Crippen LogP contribution in [0.3, 0.4) is 0 Å². The number of carbonyl (C=O) groups is 1. The van der Waals surface area contributed by atoms with Crippen LogP contribution in [0.4, 0.5) is 5.69 Å². The van der Waals surface area contributed by atoms with E-state index in [1.807, 2.05) is 35.7 Å². The van der Waals surface area contributed by atoms with Gasteiger partial charge in [-0.15, -0.1) is 0 Å². The Labute approximate surface area is 133 Å². The summed E-state index contributed by atoms with van der Waals surface area (Å²) < 4.78 is 7.03. The molecule has 0 saturated heterocycles. The molecule has 1 amide bonds. The number of benzene rings is 1. The van der Waals surface area contributed by atoms with E-state index in [1.54, 1.807) is 18.3 Å². The van der Waals surface area contributed by atoms with Gasteiger partial charge in [0.15, 0.2) is 0 Å². The second kappa shape index (κ2) is 6.50. The van der Waals surface area contributed by atoms with Crippen LogP contribution in [0.5, 0.6) is 5.75 Å². The maximum atomic E-state index is 11.9. The molecule has 0 bridgehead atoms. The zero-order chi connectivity index (χ0) is 16.2. The van der Waals surface area contributed by atoms with Crippen LogP contribution in [-0.2, 0) is 9.53 Å². The van der Waals surface area contributed by atoms with Gasteiger partial charge in [0.2, 0.25) is 5.91 Å². The van der Waals surface area contributed by atoms with Crippen molar-refractivity contribution in [1.29, 1.82) is 0 Å². The van der Waals surface area contributed by atoms with Gasteiger partial charge in [0, 0.05) is 30.6 Å². The van der Waals surface area contributed by atoms with Crippen molar-refractivity contribution in [2.45, 2.75) is 6.92 Å². The topological polar surface area (TPSA) is 75.9 Å². The molecule has 6 heteroatoms. The second-order valence-electron chi connectivity index (χ2n) is 4.98. The molecule has 0 fully saturated rings. The monoisotopic (exact) mass is 311 g/mol. The number of carbonyl (C=O) groups excluding carboxylic acids is 1. The van der Waals surface area contributed by atoms with Crippen LogP contribution in [0.1, 0.15) is 6.92 Å². The van der Waals surface area contributed by atoms with Gasteiger partial charge in [-0.2, -0.15) is 0 Å². The highest BCUT2D eigenvalue weighted by Crippen LogP contribution is 2.31. The molecule has 23 heavy (non-hydrogen) atoms. The van der Waals surface area contributed by atoms with Gasteiger partial charge in [-0.05, 0) is 31.2 Å². The number of anilines is 1. The van der Waals surface area contributed by atoms with E-state index in [9.17, 15) is 9.90 Å². The number of hydrogen-bond donors (Lipinski definition) is 2. The van der Waals surface area contributed by atoms with E-state index in [2.05, 4.69) is 10.3 Å². The molecule has 1 aromatic carbocycles. The number of ether oxygens (including phenoxy) is 1. The predicted molar refractivity (Wildman–Crippen MR) is 87.4 cm³/mol. The zero-order valence-corrected chi connectivity index (χ0v) is 12.7. The minimum absolute atomic E-state index is 0.0269. The highest BCUT2D eigenvalue weighted by atomic mass is 16.5. The quantitative estimate of drug-likeness (QED) is 0.759. The van der Waals surface area contributed by atoms with E-state index in [4.69, 9.17) is 4.74 Å². The van der Waals surface area contributed by atoms with Gasteiger partial charge in [0.1, 0.15) is 18.0 Å². The summed E-state index contributed by atoms with van der Waals surface area (Å²) in [5.74, 6) is -0.185. The Morgan fingerprint density at radius 2 is 2.22 bits per heavy atom. The summed E-state index contributed by atoms with van der Waals surface area (Å²) in [5, 5.41) is 12.5. The minimum Gasteiger partial charge on any atom is -0.508 e. The number of phenols is 1. The van der Waals surface area contributed by atoms with Crippen LogP contribution >= 0.6 is 0 Å². The van der Waals surface area contributed by atoms with Crippen molar-refractivity contribution in [3.05, 3.63) is 48.8 Å². The lowest BCUT2D eigenvalue weighted by Crippen LogP contribution is -2.18. The zero-order valence-electron chi connectivity index (χ0n) is 12.7. The van der Waals surface area contributed by atoms with Gasteiger partial charge in [0.25, 0.3) is 0 Å². The molecule has 3 rings (SSSR count). The third-order valence-electron chi connectivity index (χ3n) is 3.42. The fraction of sp³-hybridized carbons (Fsp3) is 0.176.